The van der Waals surface area contributed by atoms with Crippen LogP contribution in [0.4, 0.5) is 11.8 Å². The first-order valence-electron chi connectivity index (χ1n) is 6.83. The largest absolute Gasteiger partial charge is 0.369 e. The van der Waals surface area contributed by atoms with Gasteiger partial charge in [-0.2, -0.15) is 15.1 Å². The topological polar surface area (TPSA) is 78.5 Å². The minimum atomic E-state index is 0.390. The molecule has 1 fully saturated rings. The highest BCUT2D eigenvalue weighted by molar-refractivity contribution is 5.86. The number of H-pyrrole nitrogens is 1. The summed E-state index contributed by atoms with van der Waals surface area (Å²) in [7, 11) is 1.82. The Hall–Kier alpha value is -1.85. The molecule has 102 valence electrons. The van der Waals surface area contributed by atoms with Crippen molar-refractivity contribution >= 4 is 22.8 Å². The number of rotatable bonds is 4. The molecule has 6 nitrogen and oxygen atoms in total. The van der Waals surface area contributed by atoms with E-state index in [1.807, 2.05) is 7.05 Å². The standard InChI is InChI=1S/C13H20N6/c1-13(5-3-4-6-13)8-15-10-9-7-16-19-11(9)18-12(14-2)17-10/h7H,3-6,8H2,1-2H3,(H3,14,15,16,17,18,19). The van der Waals surface area contributed by atoms with E-state index in [1.165, 1.54) is 25.7 Å². The van der Waals surface area contributed by atoms with Crippen LogP contribution >= 0.6 is 0 Å². The third-order valence-electron chi connectivity index (χ3n) is 4.03. The highest BCUT2D eigenvalue weighted by Gasteiger charge is 2.28. The Balaban J connectivity index is 1.85. The highest BCUT2D eigenvalue weighted by atomic mass is 15.2. The normalized spacial score (nSPS) is 17.8. The number of nitrogens with one attached hydrogen (secondary N) is 3. The summed E-state index contributed by atoms with van der Waals surface area (Å²) in [4.78, 5) is 8.82. The summed E-state index contributed by atoms with van der Waals surface area (Å²) in [5.41, 5.74) is 1.15. The van der Waals surface area contributed by atoms with Gasteiger partial charge in [0.2, 0.25) is 5.95 Å². The molecule has 1 aliphatic rings. The predicted molar refractivity (Wildman–Crippen MR) is 76.3 cm³/mol. The van der Waals surface area contributed by atoms with Crippen molar-refractivity contribution in [2.45, 2.75) is 32.6 Å². The zero-order chi connectivity index (χ0) is 13.3. The molecule has 19 heavy (non-hydrogen) atoms. The van der Waals surface area contributed by atoms with Gasteiger partial charge in [0, 0.05) is 13.6 Å². The van der Waals surface area contributed by atoms with E-state index in [2.05, 4.69) is 37.7 Å². The lowest BCUT2D eigenvalue weighted by atomic mass is 9.89. The Kier molecular flexibility index (Phi) is 3.00. The maximum absolute atomic E-state index is 4.49. The number of anilines is 2. The molecule has 0 atom stereocenters. The molecule has 0 aromatic carbocycles. The summed E-state index contributed by atoms with van der Waals surface area (Å²) < 4.78 is 0. The van der Waals surface area contributed by atoms with Gasteiger partial charge >= 0.3 is 0 Å². The van der Waals surface area contributed by atoms with Crippen LogP contribution < -0.4 is 10.6 Å². The molecule has 0 aliphatic heterocycles. The van der Waals surface area contributed by atoms with E-state index in [0.29, 0.717) is 11.4 Å². The van der Waals surface area contributed by atoms with Gasteiger partial charge in [-0.3, -0.25) is 5.10 Å². The quantitative estimate of drug-likeness (QED) is 0.786. The average Bonchev–Trinajstić information content (AvgIpc) is 3.04. The van der Waals surface area contributed by atoms with Crippen LogP contribution in [0.2, 0.25) is 0 Å². The maximum Gasteiger partial charge on any atom is 0.226 e. The molecule has 0 bridgehead atoms. The summed E-state index contributed by atoms with van der Waals surface area (Å²) in [6, 6.07) is 0. The number of hydrogen-bond acceptors (Lipinski definition) is 5. The second-order valence-electron chi connectivity index (χ2n) is 5.65. The van der Waals surface area contributed by atoms with Crippen molar-refractivity contribution in [3.63, 3.8) is 0 Å². The van der Waals surface area contributed by atoms with Crippen molar-refractivity contribution in [2.75, 3.05) is 24.2 Å². The first-order chi connectivity index (χ1) is 9.20. The third kappa shape index (κ3) is 2.34. The molecular weight excluding hydrogens is 240 g/mol. The molecule has 0 saturated heterocycles. The van der Waals surface area contributed by atoms with Gasteiger partial charge in [-0.15, -0.1) is 0 Å². The van der Waals surface area contributed by atoms with Crippen LogP contribution in [0, 0.1) is 5.41 Å². The van der Waals surface area contributed by atoms with Crippen LogP contribution in [0.25, 0.3) is 11.0 Å². The van der Waals surface area contributed by atoms with Gasteiger partial charge in [0.05, 0.1) is 11.6 Å². The molecule has 2 heterocycles. The Labute approximate surface area is 112 Å². The molecule has 1 saturated carbocycles. The first kappa shape index (κ1) is 12.2. The Morgan fingerprint density at radius 3 is 2.84 bits per heavy atom. The zero-order valence-corrected chi connectivity index (χ0v) is 11.5. The van der Waals surface area contributed by atoms with Gasteiger partial charge < -0.3 is 10.6 Å². The molecule has 0 radical (unpaired) electrons. The lowest BCUT2D eigenvalue weighted by Crippen LogP contribution is -2.23. The van der Waals surface area contributed by atoms with E-state index in [1.54, 1.807) is 6.20 Å². The minimum absolute atomic E-state index is 0.390. The van der Waals surface area contributed by atoms with Crippen LogP contribution in [0.3, 0.4) is 0 Å². The van der Waals surface area contributed by atoms with Gasteiger partial charge in [-0.05, 0) is 18.3 Å². The van der Waals surface area contributed by atoms with Crippen LogP contribution in [0.5, 0.6) is 0 Å². The van der Waals surface area contributed by atoms with Crippen LogP contribution in [-0.4, -0.2) is 33.8 Å². The average molecular weight is 260 g/mol. The number of hydrogen-bond donors (Lipinski definition) is 3. The van der Waals surface area contributed by atoms with Crippen molar-refractivity contribution in [1.29, 1.82) is 0 Å². The third-order valence-corrected chi connectivity index (χ3v) is 4.03. The smallest absolute Gasteiger partial charge is 0.226 e. The second kappa shape index (κ2) is 4.68. The zero-order valence-electron chi connectivity index (χ0n) is 11.5. The van der Waals surface area contributed by atoms with E-state index in [-0.39, 0.29) is 0 Å². The van der Waals surface area contributed by atoms with Crippen molar-refractivity contribution in [3.05, 3.63) is 6.20 Å². The van der Waals surface area contributed by atoms with Gasteiger partial charge in [0.1, 0.15) is 5.82 Å². The van der Waals surface area contributed by atoms with Crippen molar-refractivity contribution in [3.8, 4) is 0 Å². The molecule has 6 heteroatoms. The van der Waals surface area contributed by atoms with Gasteiger partial charge in [-0.1, -0.05) is 19.8 Å². The fraction of sp³-hybridized carbons (Fsp3) is 0.615. The minimum Gasteiger partial charge on any atom is -0.369 e. The van der Waals surface area contributed by atoms with E-state index < -0.39 is 0 Å². The maximum atomic E-state index is 4.49. The summed E-state index contributed by atoms with van der Waals surface area (Å²) in [5, 5.41) is 14.3. The SMILES string of the molecule is CNc1nc(NCC2(C)CCCC2)c2cn[nH]c2n1. The number of nitrogens with zero attached hydrogens (tertiary/aromatic N) is 3. The molecule has 0 spiro atoms. The van der Waals surface area contributed by atoms with Gasteiger partial charge in [0.15, 0.2) is 5.65 Å². The lowest BCUT2D eigenvalue weighted by molar-refractivity contribution is 0.362. The molecule has 3 N–H and O–H groups in total. The Morgan fingerprint density at radius 2 is 2.11 bits per heavy atom. The first-order valence-corrected chi connectivity index (χ1v) is 6.83. The molecule has 1 aliphatic carbocycles. The number of aromatic amines is 1. The van der Waals surface area contributed by atoms with Gasteiger partial charge in [0.25, 0.3) is 0 Å². The monoisotopic (exact) mass is 260 g/mol. The predicted octanol–water partition coefficient (Wildman–Crippen LogP) is 2.39. The number of fused-ring (bicyclic) bond motifs is 1. The Morgan fingerprint density at radius 1 is 1.32 bits per heavy atom. The van der Waals surface area contributed by atoms with Gasteiger partial charge in [-0.25, -0.2) is 0 Å². The summed E-state index contributed by atoms with van der Waals surface area (Å²) in [6.45, 7) is 3.30. The van der Waals surface area contributed by atoms with E-state index in [4.69, 9.17) is 0 Å². The van der Waals surface area contributed by atoms with E-state index in [0.717, 1.165) is 23.4 Å². The van der Waals surface area contributed by atoms with Crippen LogP contribution in [-0.2, 0) is 0 Å². The fourth-order valence-electron chi connectivity index (χ4n) is 2.78. The summed E-state index contributed by atoms with van der Waals surface area (Å²) in [6.07, 6.45) is 7.03. The van der Waals surface area contributed by atoms with Crippen LogP contribution in [0.15, 0.2) is 6.20 Å². The van der Waals surface area contributed by atoms with Crippen molar-refractivity contribution in [2.24, 2.45) is 5.41 Å². The molecule has 2 aromatic rings. The molecule has 0 unspecified atom stereocenters. The van der Waals surface area contributed by atoms with E-state index >= 15 is 0 Å². The summed E-state index contributed by atoms with van der Waals surface area (Å²) >= 11 is 0. The summed E-state index contributed by atoms with van der Waals surface area (Å²) in [5.74, 6) is 1.46. The molecule has 3 rings (SSSR count). The second-order valence-corrected chi connectivity index (χ2v) is 5.65. The lowest BCUT2D eigenvalue weighted by Gasteiger charge is -2.24. The molecule has 2 aromatic heterocycles. The van der Waals surface area contributed by atoms with Crippen molar-refractivity contribution < 1.29 is 0 Å². The highest BCUT2D eigenvalue weighted by Crippen LogP contribution is 2.37. The Bertz CT molecular complexity index is 570. The van der Waals surface area contributed by atoms with E-state index in [9.17, 15) is 0 Å². The van der Waals surface area contributed by atoms with Crippen molar-refractivity contribution in [1.82, 2.24) is 20.2 Å². The molecular formula is C13H20N6. The number of aromatic nitrogens is 4. The molecule has 0 amide bonds. The fourth-order valence-corrected chi connectivity index (χ4v) is 2.78. The van der Waals surface area contributed by atoms with Crippen LogP contribution in [0.1, 0.15) is 32.6 Å².